The summed E-state index contributed by atoms with van der Waals surface area (Å²) in [5.74, 6) is -0.817. The molecule has 0 spiro atoms. The summed E-state index contributed by atoms with van der Waals surface area (Å²) in [5.41, 5.74) is 4.76. The predicted octanol–water partition coefficient (Wildman–Crippen LogP) is 7.09. The van der Waals surface area contributed by atoms with E-state index in [1.54, 1.807) is 24.4 Å². The summed E-state index contributed by atoms with van der Waals surface area (Å²) in [6.45, 7) is 8.83. The van der Waals surface area contributed by atoms with Crippen LogP contribution in [-0.4, -0.2) is 113 Å². The molecule has 0 radical (unpaired) electrons. The molecule has 1 aliphatic carbocycles. The van der Waals surface area contributed by atoms with E-state index in [9.17, 15) is 31.7 Å². The molecular weight excluding hydrogens is 936 g/mol. The van der Waals surface area contributed by atoms with Crippen molar-refractivity contribution in [1.29, 1.82) is 0 Å². The number of benzene rings is 3. The summed E-state index contributed by atoms with van der Waals surface area (Å²) in [4.78, 5) is 37.1. The maximum absolute atomic E-state index is 14.1. The second-order valence-corrected chi connectivity index (χ2v) is 22.6. The standard InChI is InChI=1S/C47H53ClN8O10S2/c1-47(2)13-9-32(40(25-47)30-3-5-33(48)6-4-30)28-54-15-17-55(18-16-54)35-7-8-39(42(22-35)66-36-21-31-10-14-49-45(31)50-27-36)46(57)53-68(62,63)38-23-41(56(58)59)44-43(24-38)65-29-34(52-44)26-51-67(60,61)37-11-19-64-20-12-37/h3-8,10,14,21-24,27,34,37,51-52H,9,11-13,15-20,25-26,28-29H2,1-2H3,(H,49,50)(H,53,57)/t34-/m1/s1. The Kier molecular flexibility index (Phi) is 13.4. The second-order valence-electron chi connectivity index (χ2n) is 18.4. The average molecular weight is 990 g/mol. The van der Waals surface area contributed by atoms with Gasteiger partial charge in [-0.2, -0.15) is 0 Å². The zero-order valence-electron chi connectivity index (χ0n) is 37.6. The first kappa shape index (κ1) is 47.3. The third kappa shape index (κ3) is 10.6. The number of carbonyl (C=O) groups excluding carboxylic acids is 1. The molecule has 2 saturated heterocycles. The number of hydrogen-bond donors (Lipinski definition) is 4. The molecule has 9 rings (SSSR count). The SMILES string of the molecule is CC1(C)CCC(CN2CCN(c3ccc(C(=O)NS(=O)(=O)c4cc5c(c([N+](=O)[O-])c4)N[C@H](CNS(=O)(=O)C4CCOCC4)CO5)c(Oc4cnc5[nH]ccc5c4)c3)CC2)=C(c2ccc(Cl)cc2)C1. The number of pyridine rings is 1. The van der Waals surface area contributed by atoms with Gasteiger partial charge in [-0.25, -0.2) is 31.3 Å². The van der Waals surface area contributed by atoms with E-state index in [1.807, 2.05) is 18.2 Å². The van der Waals surface area contributed by atoms with Gasteiger partial charge in [0.15, 0.2) is 11.4 Å². The van der Waals surface area contributed by atoms with Crippen LogP contribution in [0.15, 0.2) is 89.6 Å². The number of fused-ring (bicyclic) bond motifs is 2. The molecule has 1 atom stereocenters. The zero-order chi connectivity index (χ0) is 47.8. The largest absolute Gasteiger partial charge is 0.489 e. The highest BCUT2D eigenvalue weighted by Gasteiger charge is 2.35. The van der Waals surface area contributed by atoms with Crippen LogP contribution in [0.1, 0.15) is 61.9 Å². The molecule has 3 aliphatic heterocycles. The Hall–Kier alpha value is -5.77. The number of nitro groups is 1. The first-order chi connectivity index (χ1) is 32.5. The van der Waals surface area contributed by atoms with Crippen LogP contribution in [-0.2, 0) is 24.8 Å². The molecule has 4 N–H and O–H groups in total. The van der Waals surface area contributed by atoms with E-state index >= 15 is 0 Å². The zero-order valence-corrected chi connectivity index (χ0v) is 40.0. The van der Waals surface area contributed by atoms with Crippen molar-refractivity contribution in [2.75, 3.05) is 69.3 Å². The summed E-state index contributed by atoms with van der Waals surface area (Å²) in [5, 5.41) is 16.1. The van der Waals surface area contributed by atoms with Gasteiger partial charge < -0.3 is 29.4 Å². The molecule has 2 aromatic heterocycles. The molecule has 5 heterocycles. The molecule has 3 aromatic carbocycles. The second kappa shape index (κ2) is 19.3. The Morgan fingerprint density at radius 1 is 1.01 bits per heavy atom. The topological polar surface area (TPSA) is 227 Å². The Morgan fingerprint density at radius 3 is 2.53 bits per heavy atom. The minimum absolute atomic E-state index is 0.0688. The van der Waals surface area contributed by atoms with Crippen LogP contribution in [0.4, 0.5) is 17.1 Å². The molecule has 21 heteroatoms. The fraction of sp³-hybridized carbons (Fsp3) is 0.404. The normalized spacial score (nSPS) is 19.2. The highest BCUT2D eigenvalue weighted by Crippen LogP contribution is 2.44. The summed E-state index contributed by atoms with van der Waals surface area (Å²) in [6, 6.07) is 17.8. The van der Waals surface area contributed by atoms with Gasteiger partial charge in [-0.3, -0.25) is 19.8 Å². The van der Waals surface area contributed by atoms with E-state index < -0.39 is 52.8 Å². The van der Waals surface area contributed by atoms with Crippen molar-refractivity contribution in [2.45, 2.75) is 62.1 Å². The monoisotopic (exact) mass is 988 g/mol. The Balaban J connectivity index is 0.922. The number of halogens is 1. The lowest BCUT2D eigenvalue weighted by Gasteiger charge is -2.39. The van der Waals surface area contributed by atoms with Crippen molar-refractivity contribution in [3.8, 4) is 17.2 Å². The van der Waals surface area contributed by atoms with Crippen LogP contribution in [0.25, 0.3) is 16.6 Å². The van der Waals surface area contributed by atoms with Crippen molar-refractivity contribution in [1.82, 2.24) is 24.3 Å². The number of anilines is 2. The smallest absolute Gasteiger partial charge is 0.297 e. The molecule has 0 unspecified atom stereocenters. The van der Waals surface area contributed by atoms with Gasteiger partial charge in [-0.15, -0.1) is 0 Å². The molecule has 2 fully saturated rings. The lowest BCUT2D eigenvalue weighted by molar-refractivity contribution is -0.384. The summed E-state index contributed by atoms with van der Waals surface area (Å²) in [6.07, 6.45) is 7.05. The number of aromatic nitrogens is 2. The number of rotatable bonds is 14. The molecule has 68 heavy (non-hydrogen) atoms. The van der Waals surface area contributed by atoms with Crippen LogP contribution >= 0.6 is 11.6 Å². The number of sulfonamides is 2. The van der Waals surface area contributed by atoms with Crippen molar-refractivity contribution < 1.29 is 40.8 Å². The van der Waals surface area contributed by atoms with Crippen LogP contribution in [0.3, 0.4) is 0 Å². The number of amides is 1. The van der Waals surface area contributed by atoms with Gasteiger partial charge in [0.1, 0.15) is 23.8 Å². The number of H-pyrrole nitrogens is 1. The molecule has 18 nitrogen and oxygen atoms in total. The fourth-order valence-electron chi connectivity index (χ4n) is 9.22. The van der Waals surface area contributed by atoms with E-state index in [4.69, 9.17) is 25.8 Å². The van der Waals surface area contributed by atoms with Crippen molar-refractivity contribution >= 4 is 71.2 Å². The number of nitrogens with one attached hydrogen (secondary N) is 4. The van der Waals surface area contributed by atoms with Gasteiger partial charge in [0.05, 0.1) is 32.9 Å². The van der Waals surface area contributed by atoms with Gasteiger partial charge >= 0.3 is 0 Å². The van der Waals surface area contributed by atoms with Crippen molar-refractivity contribution in [3.05, 3.63) is 111 Å². The number of allylic oxidation sites excluding steroid dienone is 1. The number of hydrogen-bond acceptors (Lipinski definition) is 14. The quantitative estimate of drug-likeness (QED) is 0.0644. The van der Waals surface area contributed by atoms with E-state index in [1.165, 1.54) is 29.0 Å². The van der Waals surface area contributed by atoms with Crippen molar-refractivity contribution in [2.24, 2.45) is 5.41 Å². The van der Waals surface area contributed by atoms with Crippen molar-refractivity contribution in [3.63, 3.8) is 0 Å². The molecule has 360 valence electrons. The summed E-state index contributed by atoms with van der Waals surface area (Å²) >= 11 is 6.24. The third-order valence-corrected chi connectivity index (χ3v) is 16.5. The number of ether oxygens (including phenoxy) is 3. The first-order valence-electron chi connectivity index (χ1n) is 22.5. The van der Waals surface area contributed by atoms with E-state index in [0.29, 0.717) is 55.6 Å². The Bertz CT molecular complexity index is 2990. The number of carbonyl (C=O) groups is 1. The lowest BCUT2D eigenvalue weighted by atomic mass is 9.72. The number of aromatic amines is 1. The number of piperazine rings is 1. The van der Waals surface area contributed by atoms with Crippen LogP contribution in [0, 0.1) is 15.5 Å². The molecule has 0 bridgehead atoms. The van der Waals surface area contributed by atoms with E-state index in [2.05, 4.69) is 60.5 Å². The van der Waals surface area contributed by atoms with E-state index in [-0.39, 0.29) is 41.3 Å². The average Bonchev–Trinajstić information content (AvgIpc) is 3.80. The Morgan fingerprint density at radius 2 is 1.78 bits per heavy atom. The molecule has 5 aromatic rings. The number of nitro benzene ring substituents is 1. The lowest BCUT2D eigenvalue weighted by Crippen LogP contribution is -2.47. The van der Waals surface area contributed by atoms with Gasteiger partial charge in [0.2, 0.25) is 10.0 Å². The minimum Gasteiger partial charge on any atom is -0.489 e. The fourth-order valence-corrected chi connectivity index (χ4v) is 11.8. The Labute approximate surface area is 399 Å². The van der Waals surface area contributed by atoms with Gasteiger partial charge in [0.25, 0.3) is 21.6 Å². The summed E-state index contributed by atoms with van der Waals surface area (Å²) < 4.78 is 75.7. The van der Waals surface area contributed by atoms with Gasteiger partial charge in [-0.1, -0.05) is 43.2 Å². The maximum Gasteiger partial charge on any atom is 0.297 e. The summed E-state index contributed by atoms with van der Waals surface area (Å²) in [7, 11) is -8.46. The third-order valence-electron chi connectivity index (χ3n) is 13.1. The van der Waals surface area contributed by atoms with Crippen LogP contribution < -0.4 is 29.1 Å². The predicted molar refractivity (Wildman–Crippen MR) is 259 cm³/mol. The highest BCUT2D eigenvalue weighted by molar-refractivity contribution is 7.90. The highest BCUT2D eigenvalue weighted by atomic mass is 35.5. The molecular formula is C47H53ClN8O10S2. The maximum atomic E-state index is 14.1. The number of nitrogens with zero attached hydrogens (tertiary/aromatic N) is 4. The van der Waals surface area contributed by atoms with Crippen LogP contribution in [0.5, 0.6) is 17.2 Å². The van der Waals surface area contributed by atoms with Crippen LogP contribution in [0.2, 0.25) is 5.02 Å². The van der Waals surface area contributed by atoms with Gasteiger partial charge in [0, 0.05) is 93.0 Å². The van der Waals surface area contributed by atoms with Gasteiger partial charge in [-0.05, 0) is 85.1 Å². The first-order valence-corrected chi connectivity index (χ1v) is 26.0. The molecule has 4 aliphatic rings. The molecule has 0 saturated carbocycles. The molecule has 1 amide bonds. The minimum atomic E-state index is -4.75. The van der Waals surface area contributed by atoms with E-state index in [0.717, 1.165) is 62.1 Å².